The van der Waals surface area contributed by atoms with Crippen LogP contribution in [0.4, 0.5) is 5.69 Å². The lowest BCUT2D eigenvalue weighted by Gasteiger charge is -2.33. The predicted molar refractivity (Wildman–Crippen MR) is 99.5 cm³/mol. The summed E-state index contributed by atoms with van der Waals surface area (Å²) in [6, 6.07) is 7.76. The Morgan fingerprint density at radius 1 is 1.21 bits per heavy atom. The molecule has 0 aliphatic carbocycles. The molecule has 24 heavy (non-hydrogen) atoms. The van der Waals surface area contributed by atoms with Gasteiger partial charge in [-0.1, -0.05) is 38.5 Å². The molecule has 0 atom stereocenters. The molecule has 0 aliphatic heterocycles. The molecule has 0 heterocycles. The Bertz CT molecular complexity index is 673. The Labute approximate surface area is 146 Å². The van der Waals surface area contributed by atoms with Gasteiger partial charge >= 0.3 is 0 Å². The molecule has 0 aromatic heterocycles. The first-order valence-corrected chi connectivity index (χ1v) is 8.20. The van der Waals surface area contributed by atoms with Crippen molar-refractivity contribution in [2.24, 2.45) is 5.41 Å². The zero-order valence-corrected chi connectivity index (χ0v) is 15.9. The summed E-state index contributed by atoms with van der Waals surface area (Å²) in [5.41, 5.74) is 2.84. The second kappa shape index (κ2) is 7.53. The number of nitrogens with one attached hydrogen (secondary N) is 2. The molecule has 1 aromatic carbocycles. The summed E-state index contributed by atoms with van der Waals surface area (Å²) in [5.74, 6) is -0.400. The highest BCUT2D eigenvalue weighted by atomic mass is 16.1. The van der Waals surface area contributed by atoms with E-state index < -0.39 is 5.91 Å². The predicted octanol–water partition coefficient (Wildman–Crippen LogP) is 4.45. The van der Waals surface area contributed by atoms with E-state index in [2.05, 4.69) is 45.3 Å². The van der Waals surface area contributed by atoms with E-state index in [0.717, 1.165) is 23.2 Å². The summed E-state index contributed by atoms with van der Waals surface area (Å²) in [5, 5.41) is 15.3. The van der Waals surface area contributed by atoms with Crippen LogP contribution in [0.15, 0.2) is 30.0 Å². The first-order valence-electron chi connectivity index (χ1n) is 8.20. The molecule has 0 saturated heterocycles. The topological polar surface area (TPSA) is 64.9 Å². The van der Waals surface area contributed by atoms with Crippen LogP contribution < -0.4 is 10.6 Å². The third kappa shape index (κ3) is 6.45. The van der Waals surface area contributed by atoms with Crippen molar-refractivity contribution in [1.82, 2.24) is 5.32 Å². The average Bonchev–Trinajstić information content (AvgIpc) is 2.39. The minimum Gasteiger partial charge on any atom is -0.385 e. The maximum atomic E-state index is 12.3. The normalized spacial score (nSPS) is 12.5. The molecule has 1 amide bonds. The molecule has 0 saturated carbocycles. The lowest BCUT2D eigenvalue weighted by atomic mass is 9.82. The summed E-state index contributed by atoms with van der Waals surface area (Å²) < 4.78 is 0. The summed E-state index contributed by atoms with van der Waals surface area (Å²) in [6.45, 7) is 14.6. The number of hydrogen-bond donors (Lipinski definition) is 2. The van der Waals surface area contributed by atoms with Gasteiger partial charge in [-0.05, 0) is 51.2 Å². The maximum absolute atomic E-state index is 12.3. The third-order valence-electron chi connectivity index (χ3n) is 3.57. The molecule has 1 rings (SSSR count). The van der Waals surface area contributed by atoms with Crippen molar-refractivity contribution in [3.05, 3.63) is 41.1 Å². The van der Waals surface area contributed by atoms with Crippen LogP contribution >= 0.6 is 0 Å². The quantitative estimate of drug-likeness (QED) is 0.620. The third-order valence-corrected chi connectivity index (χ3v) is 3.57. The summed E-state index contributed by atoms with van der Waals surface area (Å²) in [6.07, 6.45) is 2.43. The van der Waals surface area contributed by atoms with E-state index in [9.17, 15) is 10.1 Å². The number of anilines is 1. The number of carbonyl (C=O) groups is 1. The van der Waals surface area contributed by atoms with Crippen molar-refractivity contribution >= 4 is 11.6 Å². The van der Waals surface area contributed by atoms with Gasteiger partial charge in [-0.25, -0.2) is 0 Å². The molecule has 0 spiro atoms. The highest BCUT2D eigenvalue weighted by Gasteiger charge is 2.24. The van der Waals surface area contributed by atoms with Gasteiger partial charge in [0.15, 0.2) is 0 Å². The molecule has 4 heteroatoms. The van der Waals surface area contributed by atoms with Crippen LogP contribution in [-0.4, -0.2) is 11.4 Å². The lowest BCUT2D eigenvalue weighted by molar-refractivity contribution is -0.112. The van der Waals surface area contributed by atoms with Gasteiger partial charge in [0.1, 0.15) is 11.6 Å². The zero-order valence-electron chi connectivity index (χ0n) is 15.9. The fraction of sp³-hybridized carbons (Fsp3) is 0.500. The van der Waals surface area contributed by atoms with Crippen molar-refractivity contribution in [2.45, 2.75) is 60.4 Å². The van der Waals surface area contributed by atoms with Crippen LogP contribution in [0.1, 0.15) is 52.2 Å². The Kier molecular flexibility index (Phi) is 6.20. The number of aryl methyl sites for hydroxylation is 2. The van der Waals surface area contributed by atoms with E-state index in [1.165, 1.54) is 6.20 Å². The number of nitriles is 1. The highest BCUT2D eigenvalue weighted by Crippen LogP contribution is 2.26. The Balaban J connectivity index is 2.85. The van der Waals surface area contributed by atoms with Gasteiger partial charge < -0.3 is 10.6 Å². The number of rotatable bonds is 5. The van der Waals surface area contributed by atoms with Gasteiger partial charge in [-0.3, -0.25) is 4.79 Å². The van der Waals surface area contributed by atoms with Crippen LogP contribution in [0.25, 0.3) is 0 Å². The molecule has 4 nitrogen and oxygen atoms in total. The molecule has 0 unspecified atom stereocenters. The van der Waals surface area contributed by atoms with Crippen LogP contribution in [-0.2, 0) is 4.79 Å². The standard InChI is InChI=1S/C20H29N3O/c1-14-8-9-17(15(2)10-14)23-18(24)16(11-21)12-22-20(6,7)13-19(3,4)5/h8-10,12,22H,13H2,1-7H3,(H,23,24)/b16-12-. The van der Waals surface area contributed by atoms with Crippen LogP contribution in [0.3, 0.4) is 0 Å². The fourth-order valence-corrected chi connectivity index (χ4v) is 2.94. The molecular formula is C20H29N3O. The molecule has 130 valence electrons. The van der Waals surface area contributed by atoms with Crippen LogP contribution in [0, 0.1) is 30.6 Å². The minimum absolute atomic E-state index is 0.0666. The molecule has 2 N–H and O–H groups in total. The fourth-order valence-electron chi connectivity index (χ4n) is 2.94. The van der Waals surface area contributed by atoms with Crippen molar-refractivity contribution < 1.29 is 4.79 Å². The van der Waals surface area contributed by atoms with Crippen molar-refractivity contribution in [2.75, 3.05) is 5.32 Å². The van der Waals surface area contributed by atoms with E-state index in [1.54, 1.807) is 0 Å². The average molecular weight is 327 g/mol. The molecule has 0 fully saturated rings. The van der Waals surface area contributed by atoms with E-state index in [0.29, 0.717) is 0 Å². The van der Waals surface area contributed by atoms with Gasteiger partial charge in [-0.15, -0.1) is 0 Å². The molecule has 0 radical (unpaired) electrons. The number of benzene rings is 1. The zero-order chi connectivity index (χ0) is 18.5. The minimum atomic E-state index is -0.400. The summed E-state index contributed by atoms with van der Waals surface area (Å²) in [7, 11) is 0. The molecule has 1 aromatic rings. The van der Waals surface area contributed by atoms with Crippen molar-refractivity contribution in [3.63, 3.8) is 0 Å². The van der Waals surface area contributed by atoms with Gasteiger partial charge in [0.05, 0.1) is 0 Å². The lowest BCUT2D eigenvalue weighted by Crippen LogP contribution is -2.39. The number of nitrogens with zero attached hydrogens (tertiary/aromatic N) is 1. The van der Waals surface area contributed by atoms with E-state index in [-0.39, 0.29) is 16.5 Å². The van der Waals surface area contributed by atoms with Gasteiger partial charge in [-0.2, -0.15) is 5.26 Å². The van der Waals surface area contributed by atoms with Crippen LogP contribution in [0.2, 0.25) is 0 Å². The molecule has 0 bridgehead atoms. The van der Waals surface area contributed by atoms with Gasteiger partial charge in [0.2, 0.25) is 0 Å². The smallest absolute Gasteiger partial charge is 0.267 e. The van der Waals surface area contributed by atoms with Gasteiger partial charge in [0, 0.05) is 17.4 Å². The van der Waals surface area contributed by atoms with Gasteiger partial charge in [0.25, 0.3) is 5.91 Å². The Morgan fingerprint density at radius 3 is 2.33 bits per heavy atom. The van der Waals surface area contributed by atoms with Crippen LogP contribution in [0.5, 0.6) is 0 Å². The highest BCUT2D eigenvalue weighted by molar-refractivity contribution is 6.06. The van der Waals surface area contributed by atoms with E-state index in [4.69, 9.17) is 0 Å². The SMILES string of the molecule is Cc1ccc(NC(=O)/C(C#N)=C\NC(C)(C)CC(C)(C)C)c(C)c1. The van der Waals surface area contributed by atoms with Crippen molar-refractivity contribution in [1.29, 1.82) is 5.26 Å². The second-order valence-corrected chi connectivity index (χ2v) is 8.21. The monoisotopic (exact) mass is 327 g/mol. The second-order valence-electron chi connectivity index (χ2n) is 8.21. The summed E-state index contributed by atoms with van der Waals surface area (Å²) >= 11 is 0. The van der Waals surface area contributed by atoms with E-state index >= 15 is 0 Å². The molecule has 0 aliphatic rings. The Hall–Kier alpha value is -2.28. The first-order chi connectivity index (χ1) is 10.9. The summed E-state index contributed by atoms with van der Waals surface area (Å²) in [4.78, 5) is 12.3. The number of hydrogen-bond acceptors (Lipinski definition) is 3. The number of amides is 1. The maximum Gasteiger partial charge on any atom is 0.267 e. The largest absolute Gasteiger partial charge is 0.385 e. The number of carbonyl (C=O) groups excluding carboxylic acids is 1. The Morgan fingerprint density at radius 2 is 1.83 bits per heavy atom. The van der Waals surface area contributed by atoms with E-state index in [1.807, 2.05) is 38.1 Å². The first kappa shape index (κ1) is 19.8. The molecular weight excluding hydrogens is 298 g/mol. The van der Waals surface area contributed by atoms with Crippen molar-refractivity contribution in [3.8, 4) is 6.07 Å².